The Kier molecular flexibility index (Phi) is 1.65. The number of hydrogen-bond acceptors (Lipinski definition) is 2. The number of esters is 1. The SMILES string of the molecule is Cc1cc(C)c2c(c1)OC(=O)C2C. The smallest absolute Gasteiger partial charge is 0.318 e. The minimum absolute atomic E-state index is 0.101. The molecule has 1 unspecified atom stereocenters. The van der Waals surface area contributed by atoms with E-state index in [1.54, 1.807) is 0 Å². The molecule has 1 heterocycles. The highest BCUT2D eigenvalue weighted by molar-refractivity contribution is 5.86. The molecule has 2 rings (SSSR count). The lowest BCUT2D eigenvalue weighted by Crippen LogP contribution is -2.06. The van der Waals surface area contributed by atoms with Gasteiger partial charge in [-0.25, -0.2) is 0 Å². The van der Waals surface area contributed by atoms with E-state index >= 15 is 0 Å². The Balaban J connectivity index is 2.64. The molecule has 0 N–H and O–H groups in total. The molecule has 1 aliphatic heterocycles. The Hall–Kier alpha value is -1.31. The summed E-state index contributed by atoms with van der Waals surface area (Å²) >= 11 is 0. The molecule has 1 aromatic carbocycles. The highest BCUT2D eigenvalue weighted by Gasteiger charge is 2.30. The Morgan fingerprint density at radius 2 is 2.00 bits per heavy atom. The largest absolute Gasteiger partial charge is 0.426 e. The third-order valence-corrected chi connectivity index (χ3v) is 2.49. The van der Waals surface area contributed by atoms with Crippen molar-refractivity contribution in [1.29, 1.82) is 0 Å². The number of aryl methyl sites for hydroxylation is 2. The Morgan fingerprint density at radius 3 is 2.69 bits per heavy atom. The highest BCUT2D eigenvalue weighted by Crippen LogP contribution is 2.37. The van der Waals surface area contributed by atoms with Crippen LogP contribution in [0.15, 0.2) is 12.1 Å². The molecule has 1 aliphatic rings. The standard InChI is InChI=1S/C11H12O2/c1-6-4-7(2)10-8(3)11(12)13-9(10)5-6/h4-5,8H,1-3H3. The van der Waals surface area contributed by atoms with Crippen LogP contribution in [0.3, 0.4) is 0 Å². The molecule has 0 radical (unpaired) electrons. The van der Waals surface area contributed by atoms with Crippen LogP contribution >= 0.6 is 0 Å². The molecule has 0 amide bonds. The van der Waals surface area contributed by atoms with Gasteiger partial charge in [0.05, 0.1) is 5.92 Å². The molecule has 68 valence electrons. The van der Waals surface area contributed by atoms with Crippen molar-refractivity contribution in [2.75, 3.05) is 0 Å². The zero-order chi connectivity index (χ0) is 9.59. The van der Waals surface area contributed by atoms with Gasteiger partial charge in [0, 0.05) is 5.56 Å². The second-order valence-electron chi connectivity index (χ2n) is 3.64. The molecule has 0 aromatic heterocycles. The first kappa shape index (κ1) is 8.30. The van der Waals surface area contributed by atoms with Crippen molar-refractivity contribution >= 4 is 5.97 Å². The maximum atomic E-state index is 11.3. The third-order valence-electron chi connectivity index (χ3n) is 2.49. The summed E-state index contributed by atoms with van der Waals surface area (Å²) in [4.78, 5) is 11.3. The maximum Gasteiger partial charge on any atom is 0.318 e. The van der Waals surface area contributed by atoms with Crippen LogP contribution in [0.25, 0.3) is 0 Å². The fraction of sp³-hybridized carbons (Fsp3) is 0.364. The molecule has 2 nitrogen and oxygen atoms in total. The van der Waals surface area contributed by atoms with Crippen molar-refractivity contribution in [2.24, 2.45) is 0 Å². The number of benzene rings is 1. The Labute approximate surface area is 77.5 Å². The van der Waals surface area contributed by atoms with E-state index in [0.29, 0.717) is 0 Å². The first-order chi connectivity index (χ1) is 6.09. The lowest BCUT2D eigenvalue weighted by molar-refractivity contribution is -0.133. The van der Waals surface area contributed by atoms with Gasteiger partial charge in [0.15, 0.2) is 0 Å². The van der Waals surface area contributed by atoms with Crippen LogP contribution < -0.4 is 4.74 Å². The molecular weight excluding hydrogens is 164 g/mol. The third kappa shape index (κ3) is 1.13. The van der Waals surface area contributed by atoms with Gasteiger partial charge in [0.1, 0.15) is 5.75 Å². The summed E-state index contributed by atoms with van der Waals surface area (Å²) in [6.07, 6.45) is 0. The predicted molar refractivity (Wildman–Crippen MR) is 50.0 cm³/mol. The van der Waals surface area contributed by atoms with Crippen molar-refractivity contribution in [3.05, 3.63) is 28.8 Å². The van der Waals surface area contributed by atoms with E-state index in [1.165, 1.54) is 0 Å². The van der Waals surface area contributed by atoms with Gasteiger partial charge in [0.2, 0.25) is 0 Å². The minimum atomic E-state index is -0.135. The summed E-state index contributed by atoms with van der Waals surface area (Å²) in [5.41, 5.74) is 3.34. The fourth-order valence-electron chi connectivity index (χ4n) is 1.89. The Bertz CT molecular complexity index is 380. The molecule has 1 atom stereocenters. The molecule has 1 aromatic rings. The molecule has 0 saturated carbocycles. The van der Waals surface area contributed by atoms with Crippen LogP contribution in [-0.2, 0) is 4.79 Å². The van der Waals surface area contributed by atoms with Crippen LogP contribution in [-0.4, -0.2) is 5.97 Å². The molecule has 0 saturated heterocycles. The number of fused-ring (bicyclic) bond motifs is 1. The molecule has 0 aliphatic carbocycles. The Morgan fingerprint density at radius 1 is 1.31 bits per heavy atom. The second-order valence-corrected chi connectivity index (χ2v) is 3.64. The van der Waals surface area contributed by atoms with Crippen molar-refractivity contribution in [1.82, 2.24) is 0 Å². The molecular formula is C11H12O2. The molecule has 0 fully saturated rings. The summed E-state index contributed by atoms with van der Waals surface area (Å²) < 4.78 is 5.14. The van der Waals surface area contributed by atoms with Crippen LogP contribution in [0.4, 0.5) is 0 Å². The van der Waals surface area contributed by atoms with Crippen LogP contribution in [0.2, 0.25) is 0 Å². The van der Waals surface area contributed by atoms with Gasteiger partial charge in [-0.15, -0.1) is 0 Å². The number of ether oxygens (including phenoxy) is 1. The summed E-state index contributed by atoms with van der Waals surface area (Å²) in [5.74, 6) is 0.509. The lowest BCUT2D eigenvalue weighted by Gasteiger charge is -2.04. The van der Waals surface area contributed by atoms with E-state index in [2.05, 4.69) is 6.07 Å². The van der Waals surface area contributed by atoms with E-state index in [0.717, 1.165) is 22.4 Å². The summed E-state index contributed by atoms with van der Waals surface area (Å²) in [7, 11) is 0. The second kappa shape index (κ2) is 2.59. The van der Waals surface area contributed by atoms with Crippen LogP contribution in [0, 0.1) is 13.8 Å². The van der Waals surface area contributed by atoms with Crippen LogP contribution in [0.1, 0.15) is 29.5 Å². The van der Waals surface area contributed by atoms with E-state index in [1.807, 2.05) is 26.8 Å². The number of carbonyl (C=O) groups excluding carboxylic acids is 1. The van der Waals surface area contributed by atoms with E-state index in [-0.39, 0.29) is 11.9 Å². The summed E-state index contributed by atoms with van der Waals surface area (Å²) in [5, 5.41) is 0. The lowest BCUT2D eigenvalue weighted by atomic mass is 9.96. The molecule has 0 spiro atoms. The first-order valence-electron chi connectivity index (χ1n) is 4.42. The zero-order valence-electron chi connectivity index (χ0n) is 8.05. The maximum absolute atomic E-state index is 11.3. The number of rotatable bonds is 0. The van der Waals surface area contributed by atoms with Crippen molar-refractivity contribution in [2.45, 2.75) is 26.7 Å². The van der Waals surface area contributed by atoms with E-state index < -0.39 is 0 Å². The quantitative estimate of drug-likeness (QED) is 0.448. The van der Waals surface area contributed by atoms with E-state index in [9.17, 15) is 4.79 Å². The zero-order valence-corrected chi connectivity index (χ0v) is 8.05. The van der Waals surface area contributed by atoms with Gasteiger partial charge in [-0.2, -0.15) is 0 Å². The van der Waals surface area contributed by atoms with Gasteiger partial charge in [-0.3, -0.25) is 4.79 Å². The summed E-state index contributed by atoms with van der Waals surface area (Å²) in [6, 6.07) is 4.00. The average Bonchev–Trinajstić information content (AvgIpc) is 2.27. The van der Waals surface area contributed by atoms with E-state index in [4.69, 9.17) is 4.74 Å². The minimum Gasteiger partial charge on any atom is -0.426 e. The van der Waals surface area contributed by atoms with Crippen molar-refractivity contribution in [3.8, 4) is 5.75 Å². The van der Waals surface area contributed by atoms with Gasteiger partial charge in [-0.05, 0) is 38.0 Å². The van der Waals surface area contributed by atoms with Crippen LogP contribution in [0.5, 0.6) is 5.75 Å². The highest BCUT2D eigenvalue weighted by atomic mass is 16.5. The topological polar surface area (TPSA) is 26.3 Å². The first-order valence-corrected chi connectivity index (χ1v) is 4.42. The van der Waals surface area contributed by atoms with Crippen molar-refractivity contribution < 1.29 is 9.53 Å². The average molecular weight is 176 g/mol. The molecule has 2 heteroatoms. The van der Waals surface area contributed by atoms with Crippen molar-refractivity contribution in [3.63, 3.8) is 0 Å². The number of carbonyl (C=O) groups is 1. The van der Waals surface area contributed by atoms with Gasteiger partial charge in [0.25, 0.3) is 0 Å². The summed E-state index contributed by atoms with van der Waals surface area (Å²) in [6.45, 7) is 5.91. The van der Waals surface area contributed by atoms with Gasteiger partial charge < -0.3 is 4.74 Å². The van der Waals surface area contributed by atoms with Gasteiger partial charge in [-0.1, -0.05) is 6.07 Å². The predicted octanol–water partition coefficient (Wildman–Crippen LogP) is 2.33. The number of hydrogen-bond donors (Lipinski definition) is 0. The molecule has 13 heavy (non-hydrogen) atoms. The monoisotopic (exact) mass is 176 g/mol. The molecule has 0 bridgehead atoms. The fourth-order valence-corrected chi connectivity index (χ4v) is 1.89. The normalized spacial score (nSPS) is 19.9. The van der Waals surface area contributed by atoms with Gasteiger partial charge >= 0.3 is 5.97 Å².